The SMILES string of the molecule is COCCOc1ccc(NC(=O)c2oc3c(C)ccc(C)c3c2C)cc1. The number of benzene rings is 2. The summed E-state index contributed by atoms with van der Waals surface area (Å²) in [6.07, 6.45) is 0. The zero-order valence-corrected chi connectivity index (χ0v) is 15.5. The number of hydrogen-bond acceptors (Lipinski definition) is 4. The van der Waals surface area contributed by atoms with Crippen LogP contribution >= 0.6 is 0 Å². The highest BCUT2D eigenvalue weighted by molar-refractivity contribution is 6.07. The van der Waals surface area contributed by atoms with Crippen LogP contribution in [0, 0.1) is 20.8 Å². The number of nitrogens with one attached hydrogen (secondary N) is 1. The molecule has 1 N–H and O–H groups in total. The van der Waals surface area contributed by atoms with E-state index in [0.29, 0.717) is 24.7 Å². The molecule has 0 aliphatic heterocycles. The zero-order valence-electron chi connectivity index (χ0n) is 15.5. The molecule has 1 aromatic heterocycles. The van der Waals surface area contributed by atoms with Crippen molar-refractivity contribution < 1.29 is 18.7 Å². The molecular formula is C21H23NO4. The fraction of sp³-hybridized carbons (Fsp3) is 0.286. The van der Waals surface area contributed by atoms with Crippen LogP contribution in [0.5, 0.6) is 5.75 Å². The van der Waals surface area contributed by atoms with Crippen LogP contribution in [-0.4, -0.2) is 26.2 Å². The summed E-state index contributed by atoms with van der Waals surface area (Å²) in [4.78, 5) is 12.7. The van der Waals surface area contributed by atoms with Crippen LogP contribution in [-0.2, 0) is 4.74 Å². The van der Waals surface area contributed by atoms with E-state index in [-0.39, 0.29) is 5.91 Å². The molecule has 1 amide bonds. The van der Waals surface area contributed by atoms with Crippen LogP contribution in [0.15, 0.2) is 40.8 Å². The standard InChI is InChI=1S/C21H23NO4/c1-13-5-6-14(2)19-18(13)15(3)20(26-19)21(23)22-16-7-9-17(10-8-16)25-12-11-24-4/h5-10H,11-12H2,1-4H3,(H,22,23). The predicted octanol–water partition coefficient (Wildman–Crippen LogP) is 4.64. The molecule has 3 rings (SSSR count). The molecule has 0 fully saturated rings. The summed E-state index contributed by atoms with van der Waals surface area (Å²) in [6.45, 7) is 6.94. The first-order valence-electron chi connectivity index (χ1n) is 8.53. The molecule has 5 heteroatoms. The summed E-state index contributed by atoms with van der Waals surface area (Å²) in [5.74, 6) is 0.814. The Morgan fingerprint density at radius 1 is 1.00 bits per heavy atom. The number of aryl methyl sites for hydroxylation is 3. The van der Waals surface area contributed by atoms with Crippen molar-refractivity contribution in [1.29, 1.82) is 0 Å². The van der Waals surface area contributed by atoms with Crippen LogP contribution in [0.4, 0.5) is 5.69 Å². The van der Waals surface area contributed by atoms with Gasteiger partial charge in [0.15, 0.2) is 5.76 Å². The molecule has 3 aromatic rings. The predicted molar refractivity (Wildman–Crippen MR) is 102 cm³/mol. The maximum atomic E-state index is 12.7. The Labute approximate surface area is 152 Å². The Bertz CT molecular complexity index is 925. The zero-order chi connectivity index (χ0) is 18.7. The number of amides is 1. The van der Waals surface area contributed by atoms with Crippen molar-refractivity contribution in [3.8, 4) is 5.75 Å². The average molecular weight is 353 g/mol. The number of rotatable bonds is 6. The van der Waals surface area contributed by atoms with E-state index in [1.165, 1.54) is 0 Å². The van der Waals surface area contributed by atoms with Crippen molar-refractivity contribution in [2.24, 2.45) is 0 Å². The number of fused-ring (bicyclic) bond motifs is 1. The third-order valence-electron chi connectivity index (χ3n) is 4.36. The van der Waals surface area contributed by atoms with E-state index in [1.807, 2.05) is 45.0 Å². The third kappa shape index (κ3) is 3.58. The lowest BCUT2D eigenvalue weighted by Gasteiger charge is -2.07. The van der Waals surface area contributed by atoms with Crippen LogP contribution in [0.25, 0.3) is 11.0 Å². The van der Waals surface area contributed by atoms with Gasteiger partial charge in [0.1, 0.15) is 17.9 Å². The number of furan rings is 1. The highest BCUT2D eigenvalue weighted by Gasteiger charge is 2.20. The number of carbonyl (C=O) groups is 1. The molecule has 136 valence electrons. The molecule has 0 spiro atoms. The molecule has 0 saturated heterocycles. The second kappa shape index (κ2) is 7.62. The lowest BCUT2D eigenvalue weighted by molar-refractivity contribution is 0.0998. The minimum absolute atomic E-state index is 0.259. The van der Waals surface area contributed by atoms with Gasteiger partial charge in [-0.2, -0.15) is 0 Å². The topological polar surface area (TPSA) is 60.7 Å². The summed E-state index contributed by atoms with van der Waals surface area (Å²) >= 11 is 0. The van der Waals surface area contributed by atoms with Crippen molar-refractivity contribution >= 4 is 22.6 Å². The Morgan fingerprint density at radius 2 is 1.69 bits per heavy atom. The monoisotopic (exact) mass is 353 g/mol. The maximum absolute atomic E-state index is 12.7. The van der Waals surface area contributed by atoms with E-state index in [0.717, 1.165) is 33.4 Å². The Balaban J connectivity index is 1.78. The normalized spacial score (nSPS) is 10.9. The van der Waals surface area contributed by atoms with E-state index >= 15 is 0 Å². The highest BCUT2D eigenvalue weighted by atomic mass is 16.5. The molecule has 0 bridgehead atoms. The second-order valence-electron chi connectivity index (χ2n) is 6.28. The fourth-order valence-corrected chi connectivity index (χ4v) is 2.96. The lowest BCUT2D eigenvalue weighted by atomic mass is 10.0. The Morgan fingerprint density at radius 3 is 2.35 bits per heavy atom. The van der Waals surface area contributed by atoms with E-state index in [4.69, 9.17) is 13.9 Å². The minimum Gasteiger partial charge on any atom is -0.491 e. The highest BCUT2D eigenvalue weighted by Crippen LogP contribution is 2.31. The van der Waals surface area contributed by atoms with E-state index in [9.17, 15) is 4.79 Å². The van der Waals surface area contributed by atoms with E-state index in [2.05, 4.69) is 5.32 Å². The van der Waals surface area contributed by atoms with Gasteiger partial charge in [-0.3, -0.25) is 4.79 Å². The summed E-state index contributed by atoms with van der Waals surface area (Å²) in [7, 11) is 1.63. The summed E-state index contributed by atoms with van der Waals surface area (Å²) in [6, 6.07) is 11.3. The first kappa shape index (κ1) is 18.0. The smallest absolute Gasteiger partial charge is 0.291 e. The van der Waals surface area contributed by atoms with Gasteiger partial charge in [0.05, 0.1) is 6.61 Å². The molecule has 0 atom stereocenters. The quantitative estimate of drug-likeness (QED) is 0.656. The summed E-state index contributed by atoms with van der Waals surface area (Å²) in [5.41, 5.74) is 4.43. The maximum Gasteiger partial charge on any atom is 0.291 e. The summed E-state index contributed by atoms with van der Waals surface area (Å²) < 4.78 is 16.4. The third-order valence-corrected chi connectivity index (χ3v) is 4.36. The van der Waals surface area contributed by atoms with Crippen LogP contribution in [0.3, 0.4) is 0 Å². The molecule has 0 aliphatic carbocycles. The van der Waals surface area contributed by atoms with Crippen molar-refractivity contribution in [2.45, 2.75) is 20.8 Å². The van der Waals surface area contributed by atoms with Crippen LogP contribution in [0.2, 0.25) is 0 Å². The van der Waals surface area contributed by atoms with Crippen LogP contribution < -0.4 is 10.1 Å². The number of methoxy groups -OCH3 is 1. The van der Waals surface area contributed by atoms with E-state index < -0.39 is 0 Å². The van der Waals surface area contributed by atoms with Gasteiger partial charge in [-0.1, -0.05) is 12.1 Å². The lowest BCUT2D eigenvalue weighted by Crippen LogP contribution is -2.12. The number of carbonyl (C=O) groups excluding carboxylic acids is 1. The second-order valence-corrected chi connectivity index (χ2v) is 6.28. The molecule has 0 unspecified atom stereocenters. The van der Waals surface area contributed by atoms with Gasteiger partial charge in [0, 0.05) is 23.7 Å². The Kier molecular flexibility index (Phi) is 5.28. The van der Waals surface area contributed by atoms with Gasteiger partial charge >= 0.3 is 0 Å². The number of ether oxygens (including phenoxy) is 2. The van der Waals surface area contributed by atoms with Gasteiger partial charge in [0.25, 0.3) is 5.91 Å². The van der Waals surface area contributed by atoms with E-state index in [1.54, 1.807) is 19.2 Å². The molecule has 1 heterocycles. The van der Waals surface area contributed by atoms with Gasteiger partial charge in [-0.15, -0.1) is 0 Å². The Hall–Kier alpha value is -2.79. The molecule has 26 heavy (non-hydrogen) atoms. The van der Waals surface area contributed by atoms with Crippen molar-refractivity contribution in [3.63, 3.8) is 0 Å². The average Bonchev–Trinajstić information content (AvgIpc) is 2.99. The first-order chi connectivity index (χ1) is 12.5. The molecule has 0 radical (unpaired) electrons. The van der Waals surface area contributed by atoms with Crippen molar-refractivity contribution in [3.05, 3.63) is 58.8 Å². The molecular weight excluding hydrogens is 330 g/mol. The molecule has 0 saturated carbocycles. The van der Waals surface area contributed by atoms with Crippen molar-refractivity contribution in [1.82, 2.24) is 0 Å². The minimum atomic E-state index is -0.259. The van der Waals surface area contributed by atoms with Gasteiger partial charge < -0.3 is 19.2 Å². The van der Waals surface area contributed by atoms with Crippen molar-refractivity contribution in [2.75, 3.05) is 25.6 Å². The number of hydrogen-bond donors (Lipinski definition) is 1. The summed E-state index contributed by atoms with van der Waals surface area (Å²) in [5, 5.41) is 3.89. The largest absolute Gasteiger partial charge is 0.491 e. The fourth-order valence-electron chi connectivity index (χ4n) is 2.96. The van der Waals surface area contributed by atoms with Gasteiger partial charge in [-0.25, -0.2) is 0 Å². The molecule has 2 aromatic carbocycles. The van der Waals surface area contributed by atoms with Crippen LogP contribution in [0.1, 0.15) is 27.2 Å². The number of anilines is 1. The molecule has 0 aliphatic rings. The first-order valence-corrected chi connectivity index (χ1v) is 8.53. The molecule has 5 nitrogen and oxygen atoms in total. The van der Waals surface area contributed by atoms with Gasteiger partial charge in [0.2, 0.25) is 0 Å². The van der Waals surface area contributed by atoms with Gasteiger partial charge in [-0.05, 0) is 56.2 Å².